The summed E-state index contributed by atoms with van der Waals surface area (Å²) in [5.41, 5.74) is 7.83. The van der Waals surface area contributed by atoms with E-state index in [1.165, 1.54) is 0 Å². The van der Waals surface area contributed by atoms with Gasteiger partial charge in [-0.2, -0.15) is 10.2 Å². The van der Waals surface area contributed by atoms with Gasteiger partial charge >= 0.3 is 0 Å². The first-order valence-electron chi connectivity index (χ1n) is 8.72. The number of aromatic amines is 3. The third kappa shape index (κ3) is 2.18. The topological polar surface area (TPSA) is 112 Å². The highest BCUT2D eigenvalue weighted by atomic mass is 16.3. The average molecular weight is 367 g/mol. The Labute approximate surface area is 157 Å². The number of furan rings is 1. The second-order valence-electron chi connectivity index (χ2n) is 6.47. The lowest BCUT2D eigenvalue weighted by molar-refractivity contribution is 0.568. The van der Waals surface area contributed by atoms with Gasteiger partial charge in [0.2, 0.25) is 0 Å². The quantitative estimate of drug-likeness (QED) is 0.435. The number of aromatic nitrogens is 7. The first-order chi connectivity index (χ1) is 13.9. The van der Waals surface area contributed by atoms with Crippen LogP contribution in [0.1, 0.15) is 0 Å². The van der Waals surface area contributed by atoms with Crippen LogP contribution in [0.25, 0.3) is 55.8 Å². The molecule has 0 aromatic carbocycles. The number of fused-ring (bicyclic) bond motifs is 2. The lowest BCUT2D eigenvalue weighted by Gasteiger charge is -1.98. The van der Waals surface area contributed by atoms with Crippen molar-refractivity contribution in [1.29, 1.82) is 0 Å². The molecule has 28 heavy (non-hydrogen) atoms. The molecule has 6 rings (SSSR count). The summed E-state index contributed by atoms with van der Waals surface area (Å²) in [6.07, 6.45) is 8.69. The highest BCUT2D eigenvalue weighted by molar-refractivity contribution is 5.99. The van der Waals surface area contributed by atoms with E-state index >= 15 is 0 Å². The monoisotopic (exact) mass is 367 g/mol. The summed E-state index contributed by atoms with van der Waals surface area (Å²) >= 11 is 0. The molecule has 0 radical (unpaired) electrons. The number of rotatable bonds is 3. The molecule has 6 aromatic rings. The van der Waals surface area contributed by atoms with Crippen molar-refractivity contribution in [2.45, 2.75) is 0 Å². The molecule has 0 amide bonds. The van der Waals surface area contributed by atoms with E-state index in [0.717, 1.165) is 55.8 Å². The summed E-state index contributed by atoms with van der Waals surface area (Å²) in [5.74, 6) is 0. The van der Waals surface area contributed by atoms with Crippen molar-refractivity contribution < 1.29 is 4.42 Å². The van der Waals surface area contributed by atoms with Gasteiger partial charge in [-0.25, -0.2) is 4.98 Å². The smallest absolute Gasteiger partial charge is 0.135 e. The Kier molecular flexibility index (Phi) is 3.01. The molecule has 6 aromatic heterocycles. The van der Waals surface area contributed by atoms with Gasteiger partial charge in [0.25, 0.3) is 0 Å². The van der Waals surface area contributed by atoms with Crippen LogP contribution in [-0.2, 0) is 0 Å². The van der Waals surface area contributed by atoms with Gasteiger partial charge in [-0.1, -0.05) is 0 Å². The highest BCUT2D eigenvalue weighted by Crippen LogP contribution is 2.33. The van der Waals surface area contributed by atoms with Crippen LogP contribution in [0, 0.1) is 0 Å². The van der Waals surface area contributed by atoms with E-state index in [-0.39, 0.29) is 0 Å². The molecule has 8 nitrogen and oxygen atoms in total. The minimum absolute atomic E-state index is 0.759. The summed E-state index contributed by atoms with van der Waals surface area (Å²) in [4.78, 5) is 12.7. The van der Waals surface area contributed by atoms with Crippen LogP contribution in [-0.4, -0.2) is 35.3 Å². The fourth-order valence-corrected chi connectivity index (χ4v) is 3.45. The number of hydrogen-bond donors (Lipinski definition) is 3. The van der Waals surface area contributed by atoms with E-state index in [0.29, 0.717) is 0 Å². The Hall–Kier alpha value is -4.20. The molecule has 0 aliphatic heterocycles. The Morgan fingerprint density at radius 2 is 1.96 bits per heavy atom. The summed E-state index contributed by atoms with van der Waals surface area (Å²) in [6, 6.07) is 9.81. The zero-order valence-corrected chi connectivity index (χ0v) is 14.5. The van der Waals surface area contributed by atoms with Crippen molar-refractivity contribution in [3.05, 3.63) is 61.4 Å². The second kappa shape index (κ2) is 5.65. The van der Waals surface area contributed by atoms with Gasteiger partial charge in [-0.15, -0.1) is 0 Å². The Balaban J connectivity index is 1.55. The Morgan fingerprint density at radius 1 is 0.964 bits per heavy atom. The first-order valence-corrected chi connectivity index (χ1v) is 8.72. The van der Waals surface area contributed by atoms with Gasteiger partial charge < -0.3 is 9.40 Å². The van der Waals surface area contributed by atoms with Crippen LogP contribution in [0.3, 0.4) is 0 Å². The van der Waals surface area contributed by atoms with Crippen LogP contribution in [0.15, 0.2) is 65.9 Å². The molecule has 6 heterocycles. The van der Waals surface area contributed by atoms with Crippen LogP contribution < -0.4 is 0 Å². The molecule has 0 spiro atoms. The molecule has 0 saturated heterocycles. The zero-order valence-electron chi connectivity index (χ0n) is 14.5. The molecule has 0 aliphatic rings. The maximum atomic E-state index is 5.22. The zero-order chi connectivity index (χ0) is 18.5. The number of H-pyrrole nitrogens is 3. The van der Waals surface area contributed by atoms with Gasteiger partial charge in [0.1, 0.15) is 11.2 Å². The van der Waals surface area contributed by atoms with E-state index < -0.39 is 0 Å². The molecular weight excluding hydrogens is 354 g/mol. The normalized spacial score (nSPS) is 11.6. The Morgan fingerprint density at radius 3 is 2.82 bits per heavy atom. The van der Waals surface area contributed by atoms with Crippen LogP contribution in [0.4, 0.5) is 0 Å². The van der Waals surface area contributed by atoms with Gasteiger partial charge in [0, 0.05) is 34.4 Å². The molecule has 8 heteroatoms. The minimum Gasteiger partial charge on any atom is -0.472 e. The summed E-state index contributed by atoms with van der Waals surface area (Å²) in [5, 5.41) is 15.4. The summed E-state index contributed by atoms with van der Waals surface area (Å²) < 4.78 is 5.22. The third-order valence-electron chi connectivity index (χ3n) is 4.80. The minimum atomic E-state index is 0.759. The average Bonchev–Trinajstić information content (AvgIpc) is 3.53. The summed E-state index contributed by atoms with van der Waals surface area (Å²) in [6.45, 7) is 0. The predicted molar refractivity (Wildman–Crippen MR) is 104 cm³/mol. The molecular formula is C20H13N7O. The number of nitrogens with one attached hydrogen (secondary N) is 3. The lowest BCUT2D eigenvalue weighted by atomic mass is 10.1. The van der Waals surface area contributed by atoms with Crippen molar-refractivity contribution >= 4 is 21.9 Å². The van der Waals surface area contributed by atoms with Crippen molar-refractivity contribution in [1.82, 2.24) is 35.3 Å². The molecule has 0 aliphatic carbocycles. The lowest BCUT2D eigenvalue weighted by Crippen LogP contribution is -1.84. The molecule has 0 fully saturated rings. The first kappa shape index (κ1) is 14.9. The molecule has 0 unspecified atom stereocenters. The highest BCUT2D eigenvalue weighted by Gasteiger charge is 2.16. The molecule has 3 N–H and O–H groups in total. The molecule has 0 atom stereocenters. The maximum absolute atomic E-state index is 5.22. The van der Waals surface area contributed by atoms with Crippen molar-refractivity contribution in [2.75, 3.05) is 0 Å². The van der Waals surface area contributed by atoms with Crippen molar-refractivity contribution in [3.63, 3.8) is 0 Å². The van der Waals surface area contributed by atoms with Crippen molar-refractivity contribution in [3.8, 4) is 33.9 Å². The second-order valence-corrected chi connectivity index (χ2v) is 6.47. The van der Waals surface area contributed by atoms with E-state index in [1.54, 1.807) is 24.9 Å². The maximum Gasteiger partial charge on any atom is 0.135 e. The Bertz CT molecular complexity index is 1410. The summed E-state index contributed by atoms with van der Waals surface area (Å²) in [7, 11) is 0. The fraction of sp³-hybridized carbons (Fsp3) is 0. The van der Waals surface area contributed by atoms with Crippen LogP contribution in [0.2, 0.25) is 0 Å². The number of hydrogen-bond acceptors (Lipinski definition) is 5. The van der Waals surface area contributed by atoms with Gasteiger partial charge in [0.15, 0.2) is 0 Å². The predicted octanol–water partition coefficient (Wildman–Crippen LogP) is 4.15. The van der Waals surface area contributed by atoms with Gasteiger partial charge in [0.05, 0.1) is 41.3 Å². The largest absolute Gasteiger partial charge is 0.472 e. The van der Waals surface area contributed by atoms with E-state index in [9.17, 15) is 0 Å². The van der Waals surface area contributed by atoms with E-state index in [2.05, 4.69) is 30.4 Å². The molecule has 0 saturated carbocycles. The SMILES string of the molecule is c1cc2[nH]c(-c3n[nH]c4ccc(-c5cn[nH]c5)nc34)cc2c(-c2ccoc2)n1. The van der Waals surface area contributed by atoms with Crippen LogP contribution in [0.5, 0.6) is 0 Å². The fourth-order valence-electron chi connectivity index (χ4n) is 3.45. The van der Waals surface area contributed by atoms with Gasteiger partial charge in [-0.3, -0.25) is 15.2 Å². The van der Waals surface area contributed by atoms with Gasteiger partial charge in [-0.05, 0) is 30.3 Å². The van der Waals surface area contributed by atoms with Crippen molar-refractivity contribution in [2.24, 2.45) is 0 Å². The van der Waals surface area contributed by atoms with Crippen LogP contribution >= 0.6 is 0 Å². The van der Waals surface area contributed by atoms with E-state index in [4.69, 9.17) is 9.40 Å². The standard InChI is InChI=1S/C20H13N7O/c1-2-16-19(25-14(1)12-8-22-23-9-12)20(27-26-16)17-7-13-15(24-17)3-5-21-18(13)11-4-6-28-10-11/h1-10,24H,(H,22,23)(H,26,27). The number of nitrogens with zero attached hydrogens (tertiary/aromatic N) is 4. The third-order valence-corrected chi connectivity index (χ3v) is 4.80. The molecule has 0 bridgehead atoms. The van der Waals surface area contributed by atoms with E-state index in [1.807, 2.05) is 36.5 Å². The number of pyridine rings is 2. The molecule has 134 valence electrons.